The molecule has 0 aliphatic heterocycles. The van der Waals surface area contributed by atoms with Crippen LogP contribution in [0, 0.1) is 11.8 Å². The summed E-state index contributed by atoms with van der Waals surface area (Å²) >= 11 is 0. The van der Waals surface area contributed by atoms with Gasteiger partial charge >= 0.3 is 0 Å². The summed E-state index contributed by atoms with van der Waals surface area (Å²) in [6.07, 6.45) is 12.3. The Morgan fingerprint density at radius 1 is 1.46 bits per heavy atom. The first-order valence-electron chi connectivity index (χ1n) is 5.58. The molecule has 0 nitrogen and oxygen atoms in total. The van der Waals surface area contributed by atoms with E-state index in [2.05, 4.69) is 39.0 Å². The largest absolute Gasteiger partial charge is 0.0876 e. The molecule has 0 heteroatoms. The van der Waals surface area contributed by atoms with Crippen LogP contribution in [-0.4, -0.2) is 0 Å². The molecule has 0 fully saturated rings. The number of hydrogen-bond acceptors (Lipinski definition) is 0. The van der Waals surface area contributed by atoms with Gasteiger partial charge in [-0.3, -0.25) is 0 Å². The van der Waals surface area contributed by atoms with E-state index >= 15 is 0 Å². The first kappa shape index (κ1) is 10.6. The predicted molar refractivity (Wildman–Crippen MR) is 59.7 cm³/mol. The Balaban J connectivity index is 2.57. The highest BCUT2D eigenvalue weighted by Crippen LogP contribution is 2.23. The summed E-state index contributed by atoms with van der Waals surface area (Å²) in [4.78, 5) is 0. The third-order valence-electron chi connectivity index (χ3n) is 2.61. The van der Waals surface area contributed by atoms with Crippen molar-refractivity contribution in [2.24, 2.45) is 11.8 Å². The van der Waals surface area contributed by atoms with Gasteiger partial charge in [-0.1, -0.05) is 44.6 Å². The molecule has 0 heterocycles. The van der Waals surface area contributed by atoms with E-state index in [1.165, 1.54) is 25.7 Å². The minimum absolute atomic E-state index is 0.705. The molecule has 0 amide bonds. The maximum atomic E-state index is 2.49. The van der Waals surface area contributed by atoms with Gasteiger partial charge < -0.3 is 0 Å². The molecule has 0 saturated carbocycles. The van der Waals surface area contributed by atoms with Gasteiger partial charge in [0.1, 0.15) is 0 Å². The third kappa shape index (κ3) is 3.80. The van der Waals surface area contributed by atoms with E-state index in [-0.39, 0.29) is 0 Å². The van der Waals surface area contributed by atoms with E-state index in [0.717, 1.165) is 5.92 Å². The van der Waals surface area contributed by atoms with Gasteiger partial charge in [0.15, 0.2) is 0 Å². The maximum absolute atomic E-state index is 2.49. The Hall–Kier alpha value is -0.520. The molecule has 0 aromatic rings. The second-order valence-corrected chi connectivity index (χ2v) is 4.46. The fourth-order valence-electron chi connectivity index (χ4n) is 1.93. The predicted octanol–water partition coefficient (Wildman–Crippen LogP) is 4.34. The lowest BCUT2D eigenvalue weighted by Crippen LogP contribution is -1.94. The summed E-state index contributed by atoms with van der Waals surface area (Å²) in [5.74, 6) is 1.51. The van der Waals surface area contributed by atoms with Gasteiger partial charge in [0, 0.05) is 0 Å². The zero-order valence-electron chi connectivity index (χ0n) is 9.22. The van der Waals surface area contributed by atoms with Crippen molar-refractivity contribution in [3.8, 4) is 0 Å². The van der Waals surface area contributed by atoms with Crippen molar-refractivity contribution in [2.75, 3.05) is 0 Å². The topological polar surface area (TPSA) is 0 Å². The highest BCUT2D eigenvalue weighted by Gasteiger charge is 2.07. The number of allylic oxidation sites excluding steroid dienone is 4. The van der Waals surface area contributed by atoms with Crippen LogP contribution in [0.25, 0.3) is 0 Å². The van der Waals surface area contributed by atoms with Gasteiger partial charge in [-0.15, -0.1) is 0 Å². The second kappa shape index (κ2) is 5.26. The van der Waals surface area contributed by atoms with Crippen molar-refractivity contribution in [3.05, 3.63) is 23.8 Å². The summed E-state index contributed by atoms with van der Waals surface area (Å²) in [5.41, 5.74) is 1.67. The van der Waals surface area contributed by atoms with Crippen molar-refractivity contribution in [1.82, 2.24) is 0 Å². The molecule has 0 radical (unpaired) electrons. The minimum Gasteiger partial charge on any atom is -0.0876 e. The monoisotopic (exact) mass is 178 g/mol. The Morgan fingerprint density at radius 2 is 2.23 bits per heavy atom. The Kier molecular flexibility index (Phi) is 4.27. The van der Waals surface area contributed by atoms with Crippen LogP contribution in [0.4, 0.5) is 0 Å². The molecule has 0 bridgehead atoms. The molecule has 1 atom stereocenters. The SMILES string of the molecule is CCC1C=CCCC(CC(C)C)=C1. The molecule has 13 heavy (non-hydrogen) atoms. The van der Waals surface area contributed by atoms with Crippen molar-refractivity contribution in [2.45, 2.75) is 46.5 Å². The molecule has 1 aliphatic rings. The van der Waals surface area contributed by atoms with E-state index < -0.39 is 0 Å². The zero-order valence-corrected chi connectivity index (χ0v) is 9.22. The molecule has 1 aliphatic carbocycles. The molecule has 0 spiro atoms. The van der Waals surface area contributed by atoms with Crippen molar-refractivity contribution in [3.63, 3.8) is 0 Å². The lowest BCUT2D eigenvalue weighted by atomic mass is 9.96. The van der Waals surface area contributed by atoms with Crippen LogP contribution in [0.2, 0.25) is 0 Å². The van der Waals surface area contributed by atoms with E-state index in [0.29, 0.717) is 5.92 Å². The number of hydrogen-bond donors (Lipinski definition) is 0. The van der Waals surface area contributed by atoms with Gasteiger partial charge in [0.2, 0.25) is 0 Å². The van der Waals surface area contributed by atoms with Gasteiger partial charge in [-0.25, -0.2) is 0 Å². The van der Waals surface area contributed by atoms with Crippen LogP contribution in [0.3, 0.4) is 0 Å². The van der Waals surface area contributed by atoms with Crippen molar-refractivity contribution >= 4 is 0 Å². The van der Waals surface area contributed by atoms with Crippen LogP contribution in [0.1, 0.15) is 46.5 Å². The van der Waals surface area contributed by atoms with Crippen LogP contribution in [-0.2, 0) is 0 Å². The standard InChI is InChI=1S/C13H22/c1-4-12-7-5-6-8-13(10-12)9-11(2)3/h5,7,10-12H,4,6,8-9H2,1-3H3. The fraction of sp³-hybridized carbons (Fsp3) is 0.692. The summed E-state index contributed by atoms with van der Waals surface area (Å²) in [6.45, 7) is 6.88. The minimum atomic E-state index is 0.705. The molecular formula is C13H22. The van der Waals surface area contributed by atoms with Crippen molar-refractivity contribution in [1.29, 1.82) is 0 Å². The zero-order chi connectivity index (χ0) is 9.68. The molecule has 0 N–H and O–H groups in total. The molecule has 0 saturated heterocycles. The fourth-order valence-corrected chi connectivity index (χ4v) is 1.93. The number of rotatable bonds is 3. The molecule has 1 rings (SSSR count). The lowest BCUT2D eigenvalue weighted by molar-refractivity contribution is 0.620. The molecule has 74 valence electrons. The van der Waals surface area contributed by atoms with E-state index in [1.807, 2.05) is 0 Å². The Bertz CT molecular complexity index is 196. The highest BCUT2D eigenvalue weighted by molar-refractivity contribution is 5.13. The first-order chi connectivity index (χ1) is 6.22. The van der Waals surface area contributed by atoms with Gasteiger partial charge in [-0.2, -0.15) is 0 Å². The average molecular weight is 178 g/mol. The van der Waals surface area contributed by atoms with E-state index in [9.17, 15) is 0 Å². The van der Waals surface area contributed by atoms with E-state index in [1.54, 1.807) is 5.57 Å². The van der Waals surface area contributed by atoms with Crippen LogP contribution in [0.5, 0.6) is 0 Å². The van der Waals surface area contributed by atoms with Crippen LogP contribution in [0.15, 0.2) is 23.8 Å². The van der Waals surface area contributed by atoms with Crippen LogP contribution < -0.4 is 0 Å². The molecular weight excluding hydrogens is 156 g/mol. The summed E-state index contributed by atoms with van der Waals surface area (Å²) in [5, 5.41) is 0. The quantitative estimate of drug-likeness (QED) is 0.564. The Labute approximate surface area is 82.7 Å². The highest BCUT2D eigenvalue weighted by atomic mass is 14.1. The van der Waals surface area contributed by atoms with Crippen molar-refractivity contribution < 1.29 is 0 Å². The average Bonchev–Trinajstić information content (AvgIpc) is 2.28. The van der Waals surface area contributed by atoms with Gasteiger partial charge in [0.05, 0.1) is 0 Å². The maximum Gasteiger partial charge on any atom is -0.00534 e. The third-order valence-corrected chi connectivity index (χ3v) is 2.61. The van der Waals surface area contributed by atoms with Crippen LogP contribution >= 0.6 is 0 Å². The summed E-state index contributed by atoms with van der Waals surface area (Å²) in [7, 11) is 0. The van der Waals surface area contributed by atoms with Gasteiger partial charge in [0.25, 0.3) is 0 Å². The van der Waals surface area contributed by atoms with Gasteiger partial charge in [-0.05, 0) is 37.5 Å². The molecule has 0 aromatic carbocycles. The second-order valence-electron chi connectivity index (χ2n) is 4.46. The normalized spacial score (nSPS) is 23.1. The molecule has 0 aromatic heterocycles. The Morgan fingerprint density at radius 3 is 2.85 bits per heavy atom. The lowest BCUT2D eigenvalue weighted by Gasteiger charge is -2.10. The van der Waals surface area contributed by atoms with E-state index in [4.69, 9.17) is 0 Å². The first-order valence-corrected chi connectivity index (χ1v) is 5.58. The smallest absolute Gasteiger partial charge is 0.00534 e. The molecule has 1 unspecified atom stereocenters. The summed E-state index contributed by atoms with van der Waals surface area (Å²) < 4.78 is 0. The summed E-state index contributed by atoms with van der Waals surface area (Å²) in [6, 6.07) is 0.